The Kier molecular flexibility index (Phi) is 3.78. The van der Waals surface area contributed by atoms with Gasteiger partial charge in [0.05, 0.1) is 23.7 Å². The molecule has 0 amide bonds. The number of anilines is 1. The van der Waals surface area contributed by atoms with E-state index in [2.05, 4.69) is 5.32 Å². The highest BCUT2D eigenvalue weighted by molar-refractivity contribution is 5.63. The van der Waals surface area contributed by atoms with Gasteiger partial charge in [-0.05, 0) is 31.0 Å². The van der Waals surface area contributed by atoms with Crippen LogP contribution in [0.25, 0.3) is 0 Å². The van der Waals surface area contributed by atoms with Gasteiger partial charge >= 0.3 is 0 Å². The van der Waals surface area contributed by atoms with Crippen molar-refractivity contribution in [2.24, 2.45) is 0 Å². The number of hydrogen-bond acceptors (Lipinski definition) is 5. The van der Waals surface area contributed by atoms with Crippen LogP contribution in [0.5, 0.6) is 0 Å². The van der Waals surface area contributed by atoms with E-state index in [-0.39, 0.29) is 24.4 Å². The van der Waals surface area contributed by atoms with Crippen LogP contribution in [0.1, 0.15) is 18.9 Å². The Balaban J connectivity index is 2.25. The van der Waals surface area contributed by atoms with E-state index >= 15 is 0 Å². The van der Waals surface area contributed by atoms with Crippen molar-refractivity contribution in [2.45, 2.75) is 32.1 Å². The van der Waals surface area contributed by atoms with Gasteiger partial charge in [0, 0.05) is 12.7 Å². The number of aliphatic hydroxyl groups excluding tert-OH is 1. The van der Waals surface area contributed by atoms with E-state index < -0.39 is 4.92 Å². The molecule has 1 aromatic carbocycles. The molecule has 6 heteroatoms. The summed E-state index contributed by atoms with van der Waals surface area (Å²) >= 11 is 0. The molecule has 1 heterocycles. The molecule has 1 aromatic rings. The van der Waals surface area contributed by atoms with Gasteiger partial charge in [-0.2, -0.15) is 0 Å². The van der Waals surface area contributed by atoms with Crippen molar-refractivity contribution in [1.29, 1.82) is 0 Å². The number of rotatable bonds is 4. The Hall–Kier alpha value is -1.66. The van der Waals surface area contributed by atoms with Crippen LogP contribution in [-0.4, -0.2) is 28.8 Å². The Morgan fingerprint density at radius 2 is 2.39 bits per heavy atom. The average molecular weight is 252 g/mol. The van der Waals surface area contributed by atoms with Crippen LogP contribution in [0.3, 0.4) is 0 Å². The molecule has 18 heavy (non-hydrogen) atoms. The maximum Gasteiger partial charge on any atom is 0.292 e. The maximum atomic E-state index is 10.9. The van der Waals surface area contributed by atoms with Crippen LogP contribution >= 0.6 is 0 Å². The first-order chi connectivity index (χ1) is 8.61. The number of nitro benzene ring substituents is 1. The summed E-state index contributed by atoms with van der Waals surface area (Å²) in [7, 11) is 0. The molecular formula is C12H16N2O4. The van der Waals surface area contributed by atoms with Crippen molar-refractivity contribution in [1.82, 2.24) is 0 Å². The molecule has 0 radical (unpaired) electrons. The molecule has 1 fully saturated rings. The zero-order chi connectivity index (χ0) is 13.1. The average Bonchev–Trinajstić information content (AvgIpc) is 2.74. The third kappa shape index (κ3) is 2.60. The van der Waals surface area contributed by atoms with E-state index in [1.807, 2.05) is 6.92 Å². The Bertz CT molecular complexity index is 450. The van der Waals surface area contributed by atoms with Gasteiger partial charge in [0.25, 0.3) is 5.69 Å². The van der Waals surface area contributed by atoms with E-state index in [9.17, 15) is 10.1 Å². The van der Waals surface area contributed by atoms with Gasteiger partial charge in [0.2, 0.25) is 0 Å². The lowest BCUT2D eigenvalue weighted by Crippen LogP contribution is -2.27. The van der Waals surface area contributed by atoms with Crippen molar-refractivity contribution in [3.05, 3.63) is 33.9 Å². The molecular weight excluding hydrogens is 236 g/mol. The van der Waals surface area contributed by atoms with Gasteiger partial charge < -0.3 is 15.2 Å². The monoisotopic (exact) mass is 252 g/mol. The zero-order valence-electron chi connectivity index (χ0n) is 10.1. The van der Waals surface area contributed by atoms with Gasteiger partial charge in [-0.15, -0.1) is 0 Å². The molecule has 2 unspecified atom stereocenters. The molecule has 1 saturated heterocycles. The molecule has 0 saturated carbocycles. The molecule has 0 spiro atoms. The first kappa shape index (κ1) is 12.8. The molecule has 0 aliphatic carbocycles. The normalized spacial score (nSPS) is 23.0. The predicted molar refractivity (Wildman–Crippen MR) is 66.5 cm³/mol. The second-order valence-electron chi connectivity index (χ2n) is 4.38. The summed E-state index contributed by atoms with van der Waals surface area (Å²) in [5.74, 6) is 0. The lowest BCUT2D eigenvalue weighted by molar-refractivity contribution is -0.384. The van der Waals surface area contributed by atoms with Crippen molar-refractivity contribution < 1.29 is 14.8 Å². The number of aliphatic hydroxyl groups is 1. The Labute approximate surface area is 105 Å². The molecule has 0 aromatic heterocycles. The smallest absolute Gasteiger partial charge is 0.292 e. The third-order valence-electron chi connectivity index (χ3n) is 3.16. The van der Waals surface area contributed by atoms with Crippen LogP contribution in [0, 0.1) is 10.1 Å². The topological polar surface area (TPSA) is 84.6 Å². The summed E-state index contributed by atoms with van der Waals surface area (Å²) in [5.41, 5.74) is 1.11. The van der Waals surface area contributed by atoms with E-state index in [1.54, 1.807) is 12.1 Å². The van der Waals surface area contributed by atoms with Crippen molar-refractivity contribution in [2.75, 3.05) is 11.9 Å². The molecule has 2 rings (SSSR count). The Morgan fingerprint density at radius 3 is 2.94 bits per heavy atom. The fourth-order valence-electron chi connectivity index (χ4n) is 2.08. The number of nitro groups is 1. The van der Waals surface area contributed by atoms with Crippen LogP contribution in [-0.2, 0) is 11.3 Å². The summed E-state index contributed by atoms with van der Waals surface area (Å²) in [6.07, 6.45) is 0.851. The summed E-state index contributed by atoms with van der Waals surface area (Å²) in [5, 5.41) is 23.2. The standard InChI is InChI=1S/C12H16N2O4/c1-8-10(4-5-18-8)13-11-6-9(7-15)2-3-12(11)14(16)17/h2-3,6,8,10,13,15H,4-5,7H2,1H3. The SMILES string of the molecule is CC1OCCC1Nc1cc(CO)ccc1[N+](=O)[O-]. The fraction of sp³-hybridized carbons (Fsp3) is 0.500. The molecule has 1 aliphatic heterocycles. The first-order valence-corrected chi connectivity index (χ1v) is 5.88. The second-order valence-corrected chi connectivity index (χ2v) is 4.38. The number of ether oxygens (including phenoxy) is 1. The number of hydrogen-bond donors (Lipinski definition) is 2. The van der Waals surface area contributed by atoms with Gasteiger partial charge in [0.1, 0.15) is 5.69 Å². The van der Waals surface area contributed by atoms with E-state index in [1.165, 1.54) is 6.07 Å². The number of benzene rings is 1. The van der Waals surface area contributed by atoms with E-state index in [0.717, 1.165) is 6.42 Å². The highest BCUT2D eigenvalue weighted by Crippen LogP contribution is 2.28. The van der Waals surface area contributed by atoms with Crippen LogP contribution in [0.2, 0.25) is 0 Å². The van der Waals surface area contributed by atoms with Crippen LogP contribution in [0.4, 0.5) is 11.4 Å². The number of nitrogens with zero attached hydrogens (tertiary/aromatic N) is 1. The summed E-state index contributed by atoms with van der Waals surface area (Å²) in [6, 6.07) is 4.65. The van der Waals surface area contributed by atoms with Crippen molar-refractivity contribution in [3.63, 3.8) is 0 Å². The second kappa shape index (κ2) is 5.32. The zero-order valence-corrected chi connectivity index (χ0v) is 10.1. The molecule has 0 bridgehead atoms. The molecule has 98 valence electrons. The minimum atomic E-state index is -0.427. The van der Waals surface area contributed by atoms with E-state index in [0.29, 0.717) is 17.9 Å². The summed E-state index contributed by atoms with van der Waals surface area (Å²) in [6.45, 7) is 2.46. The summed E-state index contributed by atoms with van der Waals surface area (Å²) < 4.78 is 5.41. The lowest BCUT2D eigenvalue weighted by atomic mass is 10.1. The molecule has 2 N–H and O–H groups in total. The summed E-state index contributed by atoms with van der Waals surface area (Å²) in [4.78, 5) is 10.5. The highest BCUT2D eigenvalue weighted by atomic mass is 16.6. The molecule has 2 atom stereocenters. The van der Waals surface area contributed by atoms with Crippen LogP contribution in [0.15, 0.2) is 18.2 Å². The molecule has 6 nitrogen and oxygen atoms in total. The van der Waals surface area contributed by atoms with E-state index in [4.69, 9.17) is 9.84 Å². The van der Waals surface area contributed by atoms with Gasteiger partial charge in [0.15, 0.2) is 0 Å². The van der Waals surface area contributed by atoms with Gasteiger partial charge in [-0.3, -0.25) is 10.1 Å². The third-order valence-corrected chi connectivity index (χ3v) is 3.16. The maximum absolute atomic E-state index is 10.9. The lowest BCUT2D eigenvalue weighted by Gasteiger charge is -2.17. The molecule has 1 aliphatic rings. The minimum absolute atomic E-state index is 0.0197. The van der Waals surface area contributed by atoms with Crippen LogP contribution < -0.4 is 5.32 Å². The van der Waals surface area contributed by atoms with Crippen molar-refractivity contribution in [3.8, 4) is 0 Å². The predicted octanol–water partition coefficient (Wildman–Crippen LogP) is 1.68. The fourth-order valence-corrected chi connectivity index (χ4v) is 2.08. The number of nitrogens with one attached hydrogen (secondary N) is 1. The van der Waals surface area contributed by atoms with Gasteiger partial charge in [-0.1, -0.05) is 0 Å². The minimum Gasteiger partial charge on any atom is -0.392 e. The largest absolute Gasteiger partial charge is 0.392 e. The quantitative estimate of drug-likeness (QED) is 0.629. The van der Waals surface area contributed by atoms with Gasteiger partial charge in [-0.25, -0.2) is 0 Å². The first-order valence-electron chi connectivity index (χ1n) is 5.88. The Morgan fingerprint density at radius 1 is 1.61 bits per heavy atom. The van der Waals surface area contributed by atoms with Crippen molar-refractivity contribution >= 4 is 11.4 Å². The highest BCUT2D eigenvalue weighted by Gasteiger charge is 2.26.